The maximum atomic E-state index is 12.0. The van der Waals surface area contributed by atoms with Gasteiger partial charge in [0.25, 0.3) is 0 Å². The van der Waals surface area contributed by atoms with E-state index in [4.69, 9.17) is 4.74 Å². The summed E-state index contributed by atoms with van der Waals surface area (Å²) in [4.78, 5) is 23.0. The van der Waals surface area contributed by atoms with Crippen molar-refractivity contribution in [3.63, 3.8) is 0 Å². The summed E-state index contributed by atoms with van der Waals surface area (Å²) in [5.74, 6) is -0.627. The van der Waals surface area contributed by atoms with Gasteiger partial charge >= 0.3 is 18.2 Å². The van der Waals surface area contributed by atoms with Crippen LogP contribution in [0.1, 0.15) is 22.8 Å². The number of esters is 1. The highest BCUT2D eigenvalue weighted by Crippen LogP contribution is 2.28. The molecule has 1 rings (SSSR count). The highest BCUT2D eigenvalue weighted by atomic mass is 32.1. The molecule has 9 heteroatoms. The van der Waals surface area contributed by atoms with Crippen molar-refractivity contribution in [1.82, 2.24) is 5.32 Å². The number of carbonyl (C=O) groups is 2. The number of rotatable bonds is 4. The molecule has 112 valence electrons. The molecule has 0 fully saturated rings. The highest BCUT2D eigenvalue weighted by molar-refractivity contribution is 7.15. The van der Waals surface area contributed by atoms with Crippen LogP contribution in [0.25, 0.3) is 0 Å². The number of hydrogen-bond acceptors (Lipinski definition) is 4. The second kappa shape index (κ2) is 6.60. The van der Waals surface area contributed by atoms with Crippen molar-refractivity contribution in [2.45, 2.75) is 20.0 Å². The Morgan fingerprint density at radius 2 is 2.05 bits per heavy atom. The number of hydrogen-bond donors (Lipinski definition) is 2. The fourth-order valence-corrected chi connectivity index (χ4v) is 2.25. The van der Waals surface area contributed by atoms with Gasteiger partial charge in [-0.15, -0.1) is 11.3 Å². The van der Waals surface area contributed by atoms with Crippen LogP contribution in [0.5, 0.6) is 0 Å². The lowest BCUT2D eigenvalue weighted by molar-refractivity contribution is -0.122. The van der Waals surface area contributed by atoms with Gasteiger partial charge in [-0.05, 0) is 24.8 Å². The second-order valence-electron chi connectivity index (χ2n) is 3.77. The molecule has 0 atom stereocenters. The Balaban J connectivity index is 2.73. The summed E-state index contributed by atoms with van der Waals surface area (Å²) in [5, 5.41) is 5.63. The summed E-state index contributed by atoms with van der Waals surface area (Å²) >= 11 is 1.04. The largest absolute Gasteiger partial charge is 0.462 e. The van der Waals surface area contributed by atoms with Crippen LogP contribution in [0, 0.1) is 6.92 Å². The van der Waals surface area contributed by atoms with E-state index in [9.17, 15) is 22.8 Å². The first kappa shape index (κ1) is 16.3. The number of amides is 2. The Morgan fingerprint density at radius 1 is 1.40 bits per heavy atom. The fraction of sp³-hybridized carbons (Fsp3) is 0.455. The average Bonchev–Trinajstić information content (AvgIpc) is 2.67. The smallest absolute Gasteiger partial charge is 0.405 e. The van der Waals surface area contributed by atoms with Crippen molar-refractivity contribution in [3.8, 4) is 0 Å². The van der Waals surface area contributed by atoms with Crippen LogP contribution >= 0.6 is 11.3 Å². The lowest BCUT2D eigenvalue weighted by atomic mass is 10.2. The molecule has 0 unspecified atom stereocenters. The van der Waals surface area contributed by atoms with Crippen molar-refractivity contribution < 1.29 is 27.5 Å². The summed E-state index contributed by atoms with van der Waals surface area (Å²) in [5.41, 5.74) is 0.735. The summed E-state index contributed by atoms with van der Waals surface area (Å²) < 4.78 is 40.7. The Hall–Kier alpha value is -1.77. The fourth-order valence-electron chi connectivity index (χ4n) is 1.32. The van der Waals surface area contributed by atoms with Gasteiger partial charge in [0.1, 0.15) is 11.5 Å². The Morgan fingerprint density at radius 3 is 2.60 bits per heavy atom. The van der Waals surface area contributed by atoms with Crippen molar-refractivity contribution >= 4 is 28.3 Å². The van der Waals surface area contributed by atoms with Crippen molar-refractivity contribution in [1.29, 1.82) is 0 Å². The molecule has 0 spiro atoms. The minimum Gasteiger partial charge on any atom is -0.462 e. The first-order valence-electron chi connectivity index (χ1n) is 5.61. The molecule has 0 radical (unpaired) electrons. The number of anilines is 1. The molecule has 0 aliphatic carbocycles. The molecule has 2 amide bonds. The molecule has 0 aliphatic heterocycles. The van der Waals surface area contributed by atoms with Gasteiger partial charge in [-0.25, -0.2) is 9.59 Å². The molecule has 0 aromatic carbocycles. The maximum Gasteiger partial charge on any atom is 0.405 e. The van der Waals surface area contributed by atoms with Gasteiger partial charge in [0.05, 0.1) is 12.2 Å². The molecular formula is C11H13F3N2O3S. The number of urea groups is 1. The van der Waals surface area contributed by atoms with E-state index in [0.717, 1.165) is 11.3 Å². The summed E-state index contributed by atoms with van der Waals surface area (Å²) in [6.07, 6.45) is -4.49. The maximum absolute atomic E-state index is 12.0. The van der Waals surface area contributed by atoms with Gasteiger partial charge in [0, 0.05) is 0 Å². The minimum absolute atomic E-state index is 0.152. The van der Waals surface area contributed by atoms with Crippen LogP contribution in [0.3, 0.4) is 0 Å². The zero-order valence-corrected chi connectivity index (χ0v) is 11.6. The van der Waals surface area contributed by atoms with E-state index in [1.807, 2.05) is 0 Å². The van der Waals surface area contributed by atoms with E-state index in [2.05, 4.69) is 5.32 Å². The lowest BCUT2D eigenvalue weighted by Gasteiger charge is -2.10. The van der Waals surface area contributed by atoms with E-state index >= 15 is 0 Å². The molecule has 0 saturated heterocycles. The molecular weight excluding hydrogens is 297 g/mol. The summed E-state index contributed by atoms with van der Waals surface area (Å²) in [6.45, 7) is 1.98. The third-order valence-corrected chi connectivity index (χ3v) is 3.14. The van der Waals surface area contributed by atoms with Crippen LogP contribution < -0.4 is 10.6 Å². The molecule has 0 saturated carbocycles. The van der Waals surface area contributed by atoms with Gasteiger partial charge in [-0.3, -0.25) is 5.32 Å². The molecule has 1 aromatic heterocycles. The topological polar surface area (TPSA) is 67.4 Å². The zero-order valence-electron chi connectivity index (χ0n) is 10.8. The standard InChI is InChI=1S/C11H13F3N2O3S/c1-3-19-9(17)7-6(2)4-20-8(7)16-10(18)15-5-11(12,13)14/h4H,3,5H2,1-2H3,(H2,15,16,18). The quantitative estimate of drug-likeness (QED) is 0.840. The lowest BCUT2D eigenvalue weighted by Crippen LogP contribution is -2.36. The van der Waals surface area contributed by atoms with Gasteiger partial charge in [-0.1, -0.05) is 0 Å². The van der Waals surface area contributed by atoms with Gasteiger partial charge < -0.3 is 10.1 Å². The first-order chi connectivity index (χ1) is 9.24. The van der Waals surface area contributed by atoms with Crippen molar-refractivity contribution in [3.05, 3.63) is 16.5 Å². The second-order valence-corrected chi connectivity index (χ2v) is 4.65. The number of carbonyl (C=O) groups excluding carboxylic acids is 2. The van der Waals surface area contributed by atoms with Gasteiger partial charge in [-0.2, -0.15) is 13.2 Å². The average molecular weight is 310 g/mol. The predicted octanol–water partition coefficient (Wildman–Crippen LogP) is 2.92. The summed E-state index contributed by atoms with van der Waals surface area (Å²) in [7, 11) is 0. The molecule has 5 nitrogen and oxygen atoms in total. The molecule has 2 N–H and O–H groups in total. The molecule has 1 aromatic rings. The Labute approximate surface area is 117 Å². The van der Waals surface area contributed by atoms with Crippen LogP contribution in [0.15, 0.2) is 5.38 Å². The molecule has 20 heavy (non-hydrogen) atoms. The van der Waals surface area contributed by atoms with Crippen LogP contribution in [0.4, 0.5) is 23.0 Å². The van der Waals surface area contributed by atoms with E-state index in [-0.39, 0.29) is 17.2 Å². The SMILES string of the molecule is CCOC(=O)c1c(C)csc1NC(=O)NCC(F)(F)F. The first-order valence-corrected chi connectivity index (χ1v) is 6.49. The van der Waals surface area contributed by atoms with E-state index in [1.54, 1.807) is 24.5 Å². The number of ether oxygens (including phenoxy) is 1. The normalized spacial score (nSPS) is 11.1. The highest BCUT2D eigenvalue weighted by Gasteiger charge is 2.28. The number of halogens is 3. The molecule has 0 bridgehead atoms. The number of aryl methyl sites for hydroxylation is 1. The third-order valence-electron chi connectivity index (χ3n) is 2.13. The van der Waals surface area contributed by atoms with E-state index in [1.165, 1.54) is 0 Å². The predicted molar refractivity (Wildman–Crippen MR) is 68.1 cm³/mol. The number of alkyl halides is 3. The molecule has 0 aliphatic rings. The minimum atomic E-state index is -4.49. The van der Waals surface area contributed by atoms with Crippen molar-refractivity contribution in [2.24, 2.45) is 0 Å². The Bertz CT molecular complexity index is 500. The van der Waals surface area contributed by atoms with Crippen molar-refractivity contribution in [2.75, 3.05) is 18.5 Å². The van der Waals surface area contributed by atoms with E-state index in [0.29, 0.717) is 5.56 Å². The summed E-state index contributed by atoms with van der Waals surface area (Å²) in [6, 6.07) is -1.03. The van der Waals surface area contributed by atoms with Gasteiger partial charge in [0.2, 0.25) is 0 Å². The van der Waals surface area contributed by atoms with E-state index < -0.39 is 24.7 Å². The van der Waals surface area contributed by atoms with Crippen LogP contribution in [0.2, 0.25) is 0 Å². The Kier molecular flexibility index (Phi) is 5.37. The number of thiophene rings is 1. The van der Waals surface area contributed by atoms with Gasteiger partial charge in [0.15, 0.2) is 0 Å². The third kappa shape index (κ3) is 4.72. The molecule has 1 heterocycles. The zero-order chi connectivity index (χ0) is 15.3. The van der Waals surface area contributed by atoms with Crippen LogP contribution in [-0.4, -0.2) is 31.3 Å². The van der Waals surface area contributed by atoms with Crippen LogP contribution in [-0.2, 0) is 4.74 Å². The monoisotopic (exact) mass is 310 g/mol. The number of nitrogens with one attached hydrogen (secondary N) is 2.